The molecule has 0 unspecified atom stereocenters. The second kappa shape index (κ2) is 8.55. The molecular formula is C19H26N6O3. The largest absolute Gasteiger partial charge is 0.376 e. The van der Waals surface area contributed by atoms with Crippen molar-refractivity contribution in [1.82, 2.24) is 29.5 Å². The first kappa shape index (κ1) is 18.7. The summed E-state index contributed by atoms with van der Waals surface area (Å²) in [6, 6.07) is 0. The van der Waals surface area contributed by atoms with Crippen molar-refractivity contribution in [2.75, 3.05) is 26.2 Å². The fourth-order valence-electron chi connectivity index (χ4n) is 3.77. The fourth-order valence-corrected chi connectivity index (χ4v) is 3.77. The van der Waals surface area contributed by atoms with Gasteiger partial charge in [-0.15, -0.1) is 0 Å². The standard InChI is InChI=1S/C19H26N6O3/c26-17(3-9-23-10-5-20-14-23)21-6-11-25-16-4-12-28-13-15(16)18(22-25)19(27)24-7-1-2-8-24/h5,10,14H,1-4,6-9,11-13H2,(H,21,26). The number of aryl methyl sites for hydroxylation is 1. The predicted octanol–water partition coefficient (Wildman–Crippen LogP) is 0.595. The highest BCUT2D eigenvalue weighted by atomic mass is 16.5. The summed E-state index contributed by atoms with van der Waals surface area (Å²) in [5.41, 5.74) is 2.49. The number of nitrogens with one attached hydrogen (secondary N) is 1. The van der Waals surface area contributed by atoms with Crippen LogP contribution in [0, 0.1) is 0 Å². The van der Waals surface area contributed by atoms with Gasteiger partial charge in [0.05, 0.1) is 26.1 Å². The molecule has 28 heavy (non-hydrogen) atoms. The highest BCUT2D eigenvalue weighted by molar-refractivity contribution is 5.94. The van der Waals surface area contributed by atoms with Gasteiger partial charge in [0.2, 0.25) is 5.91 Å². The second-order valence-electron chi connectivity index (χ2n) is 7.20. The number of imidazole rings is 1. The molecule has 150 valence electrons. The summed E-state index contributed by atoms with van der Waals surface area (Å²) in [5.74, 6) is -0.00575. The molecule has 0 aliphatic carbocycles. The van der Waals surface area contributed by atoms with Crippen LogP contribution in [0.15, 0.2) is 18.7 Å². The number of hydrogen-bond acceptors (Lipinski definition) is 5. The van der Waals surface area contributed by atoms with Crippen LogP contribution in [-0.2, 0) is 35.6 Å². The Hall–Kier alpha value is -2.68. The van der Waals surface area contributed by atoms with E-state index in [1.54, 1.807) is 12.5 Å². The van der Waals surface area contributed by atoms with Crippen LogP contribution in [0.3, 0.4) is 0 Å². The highest BCUT2D eigenvalue weighted by Gasteiger charge is 2.29. The number of nitrogens with zero attached hydrogens (tertiary/aromatic N) is 5. The molecule has 1 N–H and O–H groups in total. The van der Waals surface area contributed by atoms with E-state index in [-0.39, 0.29) is 11.8 Å². The minimum Gasteiger partial charge on any atom is -0.376 e. The summed E-state index contributed by atoms with van der Waals surface area (Å²) in [4.78, 5) is 30.7. The molecule has 2 amide bonds. The number of rotatable bonds is 7. The number of hydrogen-bond donors (Lipinski definition) is 1. The maximum atomic E-state index is 12.8. The van der Waals surface area contributed by atoms with Gasteiger partial charge in [-0.05, 0) is 12.8 Å². The van der Waals surface area contributed by atoms with Crippen molar-refractivity contribution in [3.05, 3.63) is 35.7 Å². The molecule has 0 spiro atoms. The molecule has 1 saturated heterocycles. The molecule has 1 fully saturated rings. The minimum atomic E-state index is -0.00794. The molecule has 9 nitrogen and oxygen atoms in total. The monoisotopic (exact) mass is 386 g/mol. The van der Waals surface area contributed by atoms with Crippen molar-refractivity contribution in [1.29, 1.82) is 0 Å². The van der Waals surface area contributed by atoms with Gasteiger partial charge in [0.1, 0.15) is 0 Å². The molecule has 9 heteroatoms. The Labute approximate surface area is 163 Å². The lowest BCUT2D eigenvalue weighted by Gasteiger charge is -2.17. The molecular weight excluding hydrogens is 360 g/mol. The quantitative estimate of drug-likeness (QED) is 0.752. The van der Waals surface area contributed by atoms with E-state index < -0.39 is 0 Å². The van der Waals surface area contributed by atoms with Gasteiger partial charge in [0.25, 0.3) is 5.91 Å². The van der Waals surface area contributed by atoms with Gasteiger partial charge >= 0.3 is 0 Å². The lowest BCUT2D eigenvalue weighted by Crippen LogP contribution is -2.29. The Bertz CT molecular complexity index is 823. The molecule has 0 atom stereocenters. The molecule has 4 rings (SSSR count). The zero-order valence-corrected chi connectivity index (χ0v) is 16.0. The van der Waals surface area contributed by atoms with Crippen molar-refractivity contribution >= 4 is 11.8 Å². The number of ether oxygens (including phenoxy) is 1. The van der Waals surface area contributed by atoms with Crippen molar-refractivity contribution in [3.8, 4) is 0 Å². The number of carbonyl (C=O) groups excluding carboxylic acids is 2. The second-order valence-corrected chi connectivity index (χ2v) is 7.20. The summed E-state index contributed by atoms with van der Waals surface area (Å²) >= 11 is 0. The van der Waals surface area contributed by atoms with E-state index in [1.807, 2.05) is 20.3 Å². The number of carbonyl (C=O) groups is 2. The topological polar surface area (TPSA) is 94.3 Å². The van der Waals surface area contributed by atoms with Crippen LogP contribution in [-0.4, -0.2) is 62.3 Å². The van der Waals surface area contributed by atoms with Gasteiger partial charge in [0.15, 0.2) is 5.69 Å². The van der Waals surface area contributed by atoms with Crippen molar-refractivity contribution in [2.24, 2.45) is 0 Å². The Morgan fingerprint density at radius 3 is 2.86 bits per heavy atom. The van der Waals surface area contributed by atoms with Gasteiger partial charge in [-0.2, -0.15) is 5.10 Å². The van der Waals surface area contributed by atoms with E-state index in [1.165, 1.54) is 0 Å². The fraction of sp³-hybridized carbons (Fsp3) is 0.579. The summed E-state index contributed by atoms with van der Waals surface area (Å²) in [5, 5.41) is 7.54. The Morgan fingerprint density at radius 2 is 2.07 bits per heavy atom. The van der Waals surface area contributed by atoms with Crippen LogP contribution < -0.4 is 5.32 Å². The average molecular weight is 386 g/mol. The van der Waals surface area contributed by atoms with Crippen molar-refractivity contribution in [3.63, 3.8) is 0 Å². The van der Waals surface area contributed by atoms with Gasteiger partial charge in [-0.3, -0.25) is 14.3 Å². The highest BCUT2D eigenvalue weighted by Crippen LogP contribution is 2.23. The Kier molecular flexibility index (Phi) is 5.70. The summed E-state index contributed by atoms with van der Waals surface area (Å²) < 4.78 is 9.32. The Balaban J connectivity index is 1.36. The smallest absolute Gasteiger partial charge is 0.274 e. The maximum absolute atomic E-state index is 12.8. The van der Waals surface area contributed by atoms with Crippen LogP contribution in [0.1, 0.15) is 41.0 Å². The van der Waals surface area contributed by atoms with Crippen molar-refractivity contribution in [2.45, 2.75) is 45.4 Å². The molecule has 0 radical (unpaired) electrons. The van der Waals surface area contributed by atoms with Crippen LogP contribution >= 0.6 is 0 Å². The first-order chi connectivity index (χ1) is 13.7. The third-order valence-electron chi connectivity index (χ3n) is 5.29. The van der Waals surface area contributed by atoms with Crippen LogP contribution in [0.5, 0.6) is 0 Å². The minimum absolute atomic E-state index is 0.00219. The lowest BCUT2D eigenvalue weighted by molar-refractivity contribution is -0.121. The normalized spacial score (nSPS) is 16.2. The van der Waals surface area contributed by atoms with Crippen LogP contribution in [0.25, 0.3) is 0 Å². The lowest BCUT2D eigenvalue weighted by atomic mass is 10.1. The first-order valence-electron chi connectivity index (χ1n) is 9.90. The van der Waals surface area contributed by atoms with Gasteiger partial charge in [-0.25, -0.2) is 4.98 Å². The van der Waals surface area contributed by atoms with E-state index in [2.05, 4.69) is 15.4 Å². The molecule has 2 aromatic rings. The predicted molar refractivity (Wildman–Crippen MR) is 101 cm³/mol. The first-order valence-corrected chi connectivity index (χ1v) is 9.90. The third kappa shape index (κ3) is 4.09. The van der Waals surface area contributed by atoms with E-state index in [0.29, 0.717) is 45.0 Å². The summed E-state index contributed by atoms with van der Waals surface area (Å²) in [7, 11) is 0. The van der Waals surface area contributed by atoms with Gasteiger partial charge < -0.3 is 19.5 Å². The third-order valence-corrected chi connectivity index (χ3v) is 5.29. The average Bonchev–Trinajstić information content (AvgIpc) is 3.47. The number of aromatic nitrogens is 4. The zero-order valence-electron chi connectivity index (χ0n) is 16.0. The number of likely N-dealkylation sites (tertiary alicyclic amines) is 1. The molecule has 0 bridgehead atoms. The molecule has 0 saturated carbocycles. The number of fused-ring (bicyclic) bond motifs is 1. The van der Waals surface area contributed by atoms with Gasteiger partial charge in [0, 0.05) is 62.7 Å². The molecule has 2 aliphatic heterocycles. The van der Waals surface area contributed by atoms with E-state index in [4.69, 9.17) is 4.74 Å². The maximum Gasteiger partial charge on any atom is 0.274 e. The van der Waals surface area contributed by atoms with Crippen LogP contribution in [0.2, 0.25) is 0 Å². The van der Waals surface area contributed by atoms with E-state index in [9.17, 15) is 9.59 Å². The SMILES string of the molecule is O=C(CCn1ccnc1)NCCn1nc(C(=O)N2CCCC2)c2c1CCOC2. The number of amides is 2. The molecule has 0 aromatic carbocycles. The Morgan fingerprint density at radius 1 is 1.21 bits per heavy atom. The van der Waals surface area contributed by atoms with Gasteiger partial charge in [-0.1, -0.05) is 0 Å². The van der Waals surface area contributed by atoms with Crippen LogP contribution in [0.4, 0.5) is 0 Å². The van der Waals surface area contributed by atoms with E-state index in [0.717, 1.165) is 43.6 Å². The summed E-state index contributed by atoms with van der Waals surface area (Å²) in [6.07, 6.45) is 8.48. The molecule has 2 aliphatic rings. The molecule has 2 aromatic heterocycles. The molecule has 4 heterocycles. The van der Waals surface area contributed by atoms with E-state index >= 15 is 0 Å². The zero-order chi connectivity index (χ0) is 19.3. The summed E-state index contributed by atoms with van der Waals surface area (Å²) in [6.45, 7) is 4.30. The van der Waals surface area contributed by atoms with Crippen molar-refractivity contribution < 1.29 is 14.3 Å².